The summed E-state index contributed by atoms with van der Waals surface area (Å²) >= 11 is 3.18. The molecule has 4 rings (SSSR count). The van der Waals surface area contributed by atoms with Gasteiger partial charge in [0, 0.05) is 4.88 Å². The van der Waals surface area contributed by atoms with Crippen LogP contribution < -0.4 is 0 Å². The van der Waals surface area contributed by atoms with Crippen molar-refractivity contribution in [1.82, 2.24) is 14.8 Å². The van der Waals surface area contributed by atoms with Gasteiger partial charge < -0.3 is 4.74 Å². The maximum absolute atomic E-state index is 11.8. The second kappa shape index (κ2) is 7.86. The summed E-state index contributed by atoms with van der Waals surface area (Å²) in [6, 6.07) is 10.6. The van der Waals surface area contributed by atoms with Gasteiger partial charge in [0.15, 0.2) is 5.16 Å². The van der Waals surface area contributed by atoms with Crippen LogP contribution in [0.25, 0.3) is 15.4 Å². The molecule has 7 heteroatoms. The summed E-state index contributed by atoms with van der Waals surface area (Å²) in [4.78, 5) is 13.1. The van der Waals surface area contributed by atoms with Crippen molar-refractivity contribution in [1.29, 1.82) is 0 Å². The molecule has 1 atom stereocenters. The van der Waals surface area contributed by atoms with E-state index in [9.17, 15) is 4.79 Å². The zero-order chi connectivity index (χ0) is 18.8. The number of fused-ring (bicyclic) bond motifs is 1. The number of benzene rings is 1. The molecule has 1 unspecified atom stereocenters. The Balaban J connectivity index is 1.76. The molecular formula is C20H21N3O2S2. The third kappa shape index (κ3) is 3.53. The first kappa shape index (κ1) is 18.3. The molecule has 27 heavy (non-hydrogen) atoms. The molecular weight excluding hydrogens is 378 g/mol. The van der Waals surface area contributed by atoms with Crippen LogP contribution in [0.5, 0.6) is 0 Å². The SMILES string of the molecule is COC(=O)C(C)Sc1nncn1-c1sc(-c2ccccc2)c2c1CCCC2. The highest BCUT2D eigenvalue weighted by molar-refractivity contribution is 8.00. The van der Waals surface area contributed by atoms with Gasteiger partial charge in [-0.2, -0.15) is 0 Å². The molecule has 2 aromatic heterocycles. The standard InChI is InChI=1S/C20H21N3O2S2/c1-13(19(24)25-2)26-20-22-21-12-23(20)18-16-11-7-6-10-15(16)17(27-18)14-8-4-3-5-9-14/h3-5,8-9,12-13H,6-7,10-11H2,1-2H3. The predicted molar refractivity (Wildman–Crippen MR) is 109 cm³/mol. The van der Waals surface area contributed by atoms with Crippen molar-refractivity contribution in [2.75, 3.05) is 7.11 Å². The van der Waals surface area contributed by atoms with Crippen molar-refractivity contribution >= 4 is 29.1 Å². The summed E-state index contributed by atoms with van der Waals surface area (Å²) in [5, 5.41) is 9.94. The lowest BCUT2D eigenvalue weighted by atomic mass is 9.91. The number of aromatic nitrogens is 3. The number of thioether (sulfide) groups is 1. The minimum atomic E-state index is -0.331. The van der Waals surface area contributed by atoms with Gasteiger partial charge in [-0.15, -0.1) is 21.5 Å². The summed E-state index contributed by atoms with van der Waals surface area (Å²) in [7, 11) is 1.41. The molecule has 0 aliphatic heterocycles. The van der Waals surface area contributed by atoms with Crippen LogP contribution in [0.3, 0.4) is 0 Å². The maximum atomic E-state index is 11.8. The molecule has 0 saturated carbocycles. The molecule has 0 saturated heterocycles. The Morgan fingerprint density at radius 2 is 1.96 bits per heavy atom. The number of methoxy groups -OCH3 is 1. The van der Waals surface area contributed by atoms with E-state index in [0.717, 1.165) is 18.0 Å². The summed E-state index contributed by atoms with van der Waals surface area (Å²) in [6.07, 6.45) is 6.37. The van der Waals surface area contributed by atoms with Gasteiger partial charge in [-0.1, -0.05) is 42.1 Å². The van der Waals surface area contributed by atoms with Crippen molar-refractivity contribution < 1.29 is 9.53 Å². The van der Waals surface area contributed by atoms with Gasteiger partial charge in [-0.05, 0) is 49.3 Å². The van der Waals surface area contributed by atoms with E-state index in [1.54, 1.807) is 17.7 Å². The molecule has 1 aliphatic carbocycles. The number of ether oxygens (including phenoxy) is 1. The lowest BCUT2D eigenvalue weighted by Gasteiger charge is -2.15. The first-order valence-corrected chi connectivity index (χ1v) is 10.7. The third-order valence-corrected chi connectivity index (χ3v) is 7.14. The average molecular weight is 400 g/mol. The van der Waals surface area contributed by atoms with Crippen LogP contribution in [0, 0.1) is 0 Å². The van der Waals surface area contributed by atoms with Gasteiger partial charge in [0.25, 0.3) is 0 Å². The van der Waals surface area contributed by atoms with Crippen molar-refractivity contribution in [3.8, 4) is 15.4 Å². The van der Waals surface area contributed by atoms with E-state index in [1.165, 1.54) is 58.3 Å². The predicted octanol–water partition coefficient (Wildman–Crippen LogP) is 4.53. The number of rotatable bonds is 5. The fourth-order valence-electron chi connectivity index (χ4n) is 3.45. The van der Waals surface area contributed by atoms with Crippen LogP contribution in [0.2, 0.25) is 0 Å². The lowest BCUT2D eigenvalue weighted by Crippen LogP contribution is -2.15. The molecule has 0 spiro atoms. The van der Waals surface area contributed by atoms with Crippen molar-refractivity contribution in [2.45, 2.75) is 43.0 Å². The minimum absolute atomic E-state index is 0.257. The molecule has 0 bridgehead atoms. The highest BCUT2D eigenvalue weighted by atomic mass is 32.2. The molecule has 0 fully saturated rings. The van der Waals surface area contributed by atoms with E-state index in [0.29, 0.717) is 0 Å². The number of carbonyl (C=O) groups excluding carboxylic acids is 1. The fourth-order valence-corrected chi connectivity index (χ4v) is 5.73. The Hall–Kier alpha value is -2.12. The van der Waals surface area contributed by atoms with Gasteiger partial charge >= 0.3 is 5.97 Å². The van der Waals surface area contributed by atoms with Crippen LogP contribution in [0.4, 0.5) is 0 Å². The number of carbonyl (C=O) groups is 1. The molecule has 1 aromatic carbocycles. The molecule has 0 amide bonds. The molecule has 0 radical (unpaired) electrons. The van der Waals surface area contributed by atoms with Crippen molar-refractivity contribution in [3.63, 3.8) is 0 Å². The normalized spacial score (nSPS) is 14.6. The summed E-state index contributed by atoms with van der Waals surface area (Å²) in [5.74, 6) is -0.257. The number of hydrogen-bond acceptors (Lipinski definition) is 6. The smallest absolute Gasteiger partial charge is 0.318 e. The summed E-state index contributed by atoms with van der Waals surface area (Å²) in [5.41, 5.74) is 4.12. The second-order valence-corrected chi connectivity index (χ2v) is 8.84. The summed E-state index contributed by atoms with van der Waals surface area (Å²) < 4.78 is 6.88. The Bertz CT molecular complexity index is 950. The first-order valence-electron chi connectivity index (χ1n) is 9.04. The maximum Gasteiger partial charge on any atom is 0.318 e. The number of nitrogens with zero attached hydrogens (tertiary/aromatic N) is 3. The minimum Gasteiger partial charge on any atom is -0.468 e. The highest BCUT2D eigenvalue weighted by Crippen LogP contribution is 2.43. The zero-order valence-corrected chi connectivity index (χ0v) is 17.0. The van der Waals surface area contributed by atoms with E-state index in [1.807, 2.05) is 17.6 Å². The van der Waals surface area contributed by atoms with Crippen LogP contribution in [0.1, 0.15) is 30.9 Å². The van der Waals surface area contributed by atoms with E-state index < -0.39 is 0 Å². The molecule has 2 heterocycles. The van der Waals surface area contributed by atoms with Crippen molar-refractivity contribution in [2.24, 2.45) is 0 Å². The molecule has 5 nitrogen and oxygen atoms in total. The van der Waals surface area contributed by atoms with E-state index >= 15 is 0 Å². The van der Waals surface area contributed by atoms with E-state index in [-0.39, 0.29) is 11.2 Å². The Morgan fingerprint density at radius 1 is 1.22 bits per heavy atom. The van der Waals surface area contributed by atoms with Crippen LogP contribution >= 0.6 is 23.1 Å². The molecule has 1 aliphatic rings. The van der Waals surface area contributed by atoms with Crippen molar-refractivity contribution in [3.05, 3.63) is 47.8 Å². The number of thiophene rings is 1. The highest BCUT2D eigenvalue weighted by Gasteiger charge is 2.25. The van der Waals surface area contributed by atoms with Gasteiger partial charge in [0.05, 0.1) is 7.11 Å². The molecule has 3 aromatic rings. The zero-order valence-electron chi connectivity index (χ0n) is 15.3. The lowest BCUT2D eigenvalue weighted by molar-refractivity contribution is -0.139. The second-order valence-electron chi connectivity index (χ2n) is 6.53. The molecule has 140 valence electrons. The van der Waals surface area contributed by atoms with Crippen LogP contribution in [0.15, 0.2) is 41.8 Å². The van der Waals surface area contributed by atoms with Gasteiger partial charge in [-0.25, -0.2) is 0 Å². The van der Waals surface area contributed by atoms with Crippen LogP contribution in [-0.4, -0.2) is 33.1 Å². The largest absolute Gasteiger partial charge is 0.468 e. The third-order valence-electron chi connectivity index (χ3n) is 4.79. The monoisotopic (exact) mass is 399 g/mol. The number of esters is 1. The Labute approximate surface area is 166 Å². The van der Waals surface area contributed by atoms with E-state index in [4.69, 9.17) is 4.74 Å². The van der Waals surface area contributed by atoms with Gasteiger partial charge in [0.1, 0.15) is 16.6 Å². The Kier molecular flexibility index (Phi) is 5.31. The quantitative estimate of drug-likeness (QED) is 0.466. The first-order chi connectivity index (χ1) is 13.2. The van der Waals surface area contributed by atoms with Crippen LogP contribution in [-0.2, 0) is 22.4 Å². The van der Waals surface area contributed by atoms with Gasteiger partial charge in [0.2, 0.25) is 0 Å². The number of hydrogen-bond donors (Lipinski definition) is 0. The Morgan fingerprint density at radius 3 is 2.70 bits per heavy atom. The fraction of sp³-hybridized carbons (Fsp3) is 0.350. The average Bonchev–Trinajstić information content (AvgIpc) is 3.32. The summed E-state index contributed by atoms with van der Waals surface area (Å²) in [6.45, 7) is 1.83. The van der Waals surface area contributed by atoms with Gasteiger partial charge in [-0.3, -0.25) is 9.36 Å². The van der Waals surface area contributed by atoms with E-state index in [2.05, 4.69) is 34.5 Å². The molecule has 0 N–H and O–H groups in total. The topological polar surface area (TPSA) is 57.0 Å².